The normalized spacial score (nSPS) is 12.2. The molecule has 0 aromatic heterocycles. The monoisotopic (exact) mass is 393 g/mol. The summed E-state index contributed by atoms with van der Waals surface area (Å²) in [7, 11) is 1.60. The number of hydroxylamine groups is 2. The van der Waals surface area contributed by atoms with E-state index in [1.54, 1.807) is 54.7 Å². The molecule has 0 saturated heterocycles. The zero-order chi connectivity index (χ0) is 21.5. The van der Waals surface area contributed by atoms with E-state index in [2.05, 4.69) is 0 Å². The van der Waals surface area contributed by atoms with Gasteiger partial charge in [0.05, 0.1) is 13.7 Å². The Hall–Kier alpha value is -2.70. The van der Waals surface area contributed by atoms with Gasteiger partial charge in [-0.2, -0.15) is 0 Å². The van der Waals surface area contributed by atoms with Crippen LogP contribution in [0.2, 0.25) is 0 Å². The van der Waals surface area contributed by atoms with Crippen LogP contribution in [0.15, 0.2) is 30.3 Å². The predicted octanol–water partition coefficient (Wildman–Crippen LogP) is 5.20. The molecule has 0 bridgehead atoms. The van der Waals surface area contributed by atoms with Crippen LogP contribution < -0.4 is 4.74 Å². The second-order valence-electron chi connectivity index (χ2n) is 8.21. The van der Waals surface area contributed by atoms with E-state index in [1.165, 1.54) is 0 Å². The molecule has 156 valence electrons. The molecule has 0 spiro atoms. The standard InChI is InChI=1S/C21H31NO6/c1-15(16-9-11-17(25-8)12-10-16)13-14-22(18(23)26-20(2,3)4)28-19(24)27-21(5,6)7/h9-13H,14H2,1-8H3/b15-13+. The average Bonchev–Trinajstić information content (AvgIpc) is 2.55. The number of ether oxygens (including phenoxy) is 3. The van der Waals surface area contributed by atoms with Gasteiger partial charge in [0.2, 0.25) is 0 Å². The molecular weight excluding hydrogens is 362 g/mol. The highest BCUT2D eigenvalue weighted by Gasteiger charge is 2.27. The van der Waals surface area contributed by atoms with Gasteiger partial charge in [-0.1, -0.05) is 18.2 Å². The molecule has 0 saturated carbocycles. The number of carbonyl (C=O) groups is 2. The molecule has 0 fully saturated rings. The molecule has 0 unspecified atom stereocenters. The van der Waals surface area contributed by atoms with Gasteiger partial charge >= 0.3 is 12.2 Å². The molecule has 0 radical (unpaired) electrons. The van der Waals surface area contributed by atoms with Crippen LogP contribution in [0.1, 0.15) is 54.0 Å². The van der Waals surface area contributed by atoms with Gasteiger partial charge in [-0.3, -0.25) is 4.84 Å². The fourth-order valence-corrected chi connectivity index (χ4v) is 2.01. The van der Waals surface area contributed by atoms with Crippen LogP contribution in [0.3, 0.4) is 0 Å². The highest BCUT2D eigenvalue weighted by Crippen LogP contribution is 2.19. The molecule has 28 heavy (non-hydrogen) atoms. The van der Waals surface area contributed by atoms with Crippen molar-refractivity contribution in [3.63, 3.8) is 0 Å². The lowest BCUT2D eigenvalue weighted by atomic mass is 10.1. The molecule has 0 aliphatic heterocycles. The molecule has 0 aliphatic rings. The minimum Gasteiger partial charge on any atom is -0.497 e. The van der Waals surface area contributed by atoms with Gasteiger partial charge < -0.3 is 14.2 Å². The molecule has 1 aromatic carbocycles. The molecule has 1 rings (SSSR count). The first-order chi connectivity index (χ1) is 12.8. The second-order valence-corrected chi connectivity index (χ2v) is 8.21. The highest BCUT2D eigenvalue weighted by molar-refractivity contribution is 5.71. The summed E-state index contributed by atoms with van der Waals surface area (Å²) in [6.07, 6.45) is 0.00168. The number of allylic oxidation sites excluding steroid dienone is 1. The van der Waals surface area contributed by atoms with E-state index < -0.39 is 23.5 Å². The molecule has 0 atom stereocenters. The van der Waals surface area contributed by atoms with Crippen LogP contribution in [0, 0.1) is 0 Å². The fourth-order valence-electron chi connectivity index (χ4n) is 2.01. The van der Waals surface area contributed by atoms with Gasteiger partial charge in [0, 0.05) is 0 Å². The zero-order valence-electron chi connectivity index (χ0n) is 18.0. The number of carbonyl (C=O) groups excluding carboxylic acids is 2. The molecule has 0 heterocycles. The van der Waals surface area contributed by atoms with Gasteiger partial charge in [-0.25, -0.2) is 9.59 Å². The number of amides is 1. The largest absolute Gasteiger partial charge is 0.534 e. The molecule has 0 aliphatic carbocycles. The average molecular weight is 393 g/mol. The summed E-state index contributed by atoms with van der Waals surface area (Å²) in [5.41, 5.74) is 0.360. The minimum absolute atomic E-state index is 0.00597. The van der Waals surface area contributed by atoms with E-state index in [9.17, 15) is 9.59 Å². The molecule has 0 N–H and O–H groups in total. The van der Waals surface area contributed by atoms with Crippen molar-refractivity contribution in [2.45, 2.75) is 59.7 Å². The first kappa shape index (κ1) is 23.3. The lowest BCUT2D eigenvalue weighted by Gasteiger charge is -2.26. The lowest BCUT2D eigenvalue weighted by molar-refractivity contribution is -0.130. The van der Waals surface area contributed by atoms with E-state index in [4.69, 9.17) is 19.0 Å². The van der Waals surface area contributed by atoms with Crippen molar-refractivity contribution in [1.29, 1.82) is 0 Å². The van der Waals surface area contributed by atoms with E-state index in [0.717, 1.165) is 21.9 Å². The van der Waals surface area contributed by atoms with Crippen molar-refractivity contribution in [2.75, 3.05) is 13.7 Å². The first-order valence-corrected chi connectivity index (χ1v) is 9.03. The Labute approximate surface area is 167 Å². The Kier molecular flexibility index (Phi) is 7.90. The van der Waals surface area contributed by atoms with Gasteiger partial charge in [0.15, 0.2) is 0 Å². The Bertz CT molecular complexity index is 695. The maximum Gasteiger partial charge on any atom is 0.534 e. The minimum atomic E-state index is -0.978. The van der Waals surface area contributed by atoms with Gasteiger partial charge in [0.25, 0.3) is 0 Å². The van der Waals surface area contributed by atoms with E-state index >= 15 is 0 Å². The summed E-state index contributed by atoms with van der Waals surface area (Å²) in [5, 5.41) is 0.840. The third-order valence-corrected chi connectivity index (χ3v) is 3.28. The number of rotatable bonds is 4. The van der Waals surface area contributed by atoms with Crippen molar-refractivity contribution in [3.05, 3.63) is 35.9 Å². The quantitative estimate of drug-likeness (QED) is 0.517. The number of hydrogen-bond donors (Lipinski definition) is 0. The topological polar surface area (TPSA) is 74.3 Å². The van der Waals surface area contributed by atoms with Gasteiger partial charge in [-0.15, -0.1) is 5.06 Å². The summed E-state index contributed by atoms with van der Waals surface area (Å²) in [6, 6.07) is 7.49. The van der Waals surface area contributed by atoms with Crippen LogP contribution in [0.4, 0.5) is 9.59 Å². The second kappa shape index (κ2) is 9.48. The SMILES string of the molecule is COc1ccc(/C(C)=C/CN(OC(=O)OC(C)(C)C)C(=O)OC(C)(C)C)cc1. The summed E-state index contributed by atoms with van der Waals surface area (Å²) in [4.78, 5) is 29.5. The van der Waals surface area contributed by atoms with Crippen molar-refractivity contribution in [2.24, 2.45) is 0 Å². The first-order valence-electron chi connectivity index (χ1n) is 9.03. The number of methoxy groups -OCH3 is 1. The van der Waals surface area contributed by atoms with Crippen molar-refractivity contribution in [1.82, 2.24) is 5.06 Å². The molecular formula is C21H31NO6. The van der Waals surface area contributed by atoms with Crippen molar-refractivity contribution >= 4 is 17.8 Å². The fraction of sp³-hybridized carbons (Fsp3) is 0.524. The van der Waals surface area contributed by atoms with E-state index in [0.29, 0.717) is 0 Å². The smallest absolute Gasteiger partial charge is 0.497 e. The number of benzene rings is 1. The van der Waals surface area contributed by atoms with Gasteiger partial charge in [0.1, 0.15) is 17.0 Å². The van der Waals surface area contributed by atoms with Crippen LogP contribution >= 0.6 is 0 Å². The number of nitrogens with zero attached hydrogens (tertiary/aromatic N) is 1. The maximum absolute atomic E-state index is 12.4. The molecule has 1 amide bonds. The summed E-state index contributed by atoms with van der Waals surface area (Å²) < 4.78 is 15.6. The predicted molar refractivity (Wildman–Crippen MR) is 107 cm³/mol. The third kappa shape index (κ3) is 8.79. The summed E-state index contributed by atoms with van der Waals surface area (Å²) >= 11 is 0. The summed E-state index contributed by atoms with van der Waals surface area (Å²) in [5.74, 6) is 0.750. The van der Waals surface area contributed by atoms with Crippen molar-refractivity contribution < 1.29 is 28.6 Å². The molecule has 7 heteroatoms. The molecule has 1 aromatic rings. The Morgan fingerprint density at radius 2 is 1.50 bits per heavy atom. The van der Waals surface area contributed by atoms with Gasteiger partial charge in [-0.05, 0) is 71.7 Å². The van der Waals surface area contributed by atoms with Crippen LogP contribution in [-0.4, -0.2) is 42.2 Å². The van der Waals surface area contributed by atoms with E-state index in [1.807, 2.05) is 31.2 Å². The van der Waals surface area contributed by atoms with Crippen LogP contribution in [0.5, 0.6) is 5.75 Å². The number of hydrogen-bond acceptors (Lipinski definition) is 6. The van der Waals surface area contributed by atoms with E-state index in [-0.39, 0.29) is 6.54 Å². The lowest BCUT2D eigenvalue weighted by Crippen LogP contribution is -2.39. The summed E-state index contributed by atoms with van der Waals surface area (Å²) in [6.45, 7) is 12.2. The Balaban J connectivity index is 2.93. The van der Waals surface area contributed by atoms with Crippen molar-refractivity contribution in [3.8, 4) is 5.75 Å². The van der Waals surface area contributed by atoms with Crippen LogP contribution in [-0.2, 0) is 14.3 Å². The highest BCUT2D eigenvalue weighted by atomic mass is 16.8. The Morgan fingerprint density at radius 1 is 0.964 bits per heavy atom. The molecule has 7 nitrogen and oxygen atoms in total. The zero-order valence-corrected chi connectivity index (χ0v) is 18.0. The maximum atomic E-state index is 12.4. The third-order valence-electron chi connectivity index (χ3n) is 3.28. The van der Waals surface area contributed by atoms with Crippen LogP contribution in [0.25, 0.3) is 5.57 Å². The Morgan fingerprint density at radius 3 is 1.96 bits per heavy atom.